The summed E-state index contributed by atoms with van der Waals surface area (Å²) in [6, 6.07) is 5.05. The number of hydrogen-bond acceptors (Lipinski definition) is 5. The van der Waals surface area contributed by atoms with Gasteiger partial charge >= 0.3 is 0 Å². The Bertz CT molecular complexity index is 876. The van der Waals surface area contributed by atoms with Gasteiger partial charge in [0.1, 0.15) is 21.3 Å². The van der Waals surface area contributed by atoms with Crippen molar-refractivity contribution < 1.29 is 13.2 Å². The monoisotopic (exact) mass is 404 g/mol. The third-order valence-corrected chi connectivity index (χ3v) is 5.01. The van der Waals surface area contributed by atoms with Gasteiger partial charge in [-0.15, -0.1) is 5.10 Å². The summed E-state index contributed by atoms with van der Waals surface area (Å²) in [6.07, 6.45) is 1.63. The van der Waals surface area contributed by atoms with Crippen molar-refractivity contribution in [1.82, 2.24) is 19.7 Å². The lowest BCUT2D eigenvalue weighted by atomic mass is 10.3. The van der Waals surface area contributed by atoms with Crippen LogP contribution in [0.3, 0.4) is 0 Å². The fourth-order valence-corrected chi connectivity index (χ4v) is 3.27. The lowest BCUT2D eigenvalue weighted by molar-refractivity contribution is 0.0791. The van der Waals surface area contributed by atoms with Crippen molar-refractivity contribution >= 4 is 38.9 Å². The molecule has 0 N–H and O–H groups in total. The fourth-order valence-electron chi connectivity index (χ4n) is 2.11. The highest BCUT2D eigenvalue weighted by Gasteiger charge is 2.22. The van der Waals surface area contributed by atoms with Gasteiger partial charge in [0.2, 0.25) is 5.82 Å². The number of amides is 1. The van der Waals surface area contributed by atoms with E-state index in [4.69, 9.17) is 23.2 Å². The van der Waals surface area contributed by atoms with Crippen LogP contribution >= 0.6 is 23.2 Å². The summed E-state index contributed by atoms with van der Waals surface area (Å²) in [5.74, 6) is -0.119. The molecule has 1 heterocycles. The molecule has 0 saturated heterocycles. The predicted molar refractivity (Wildman–Crippen MR) is 97.4 cm³/mol. The Hall–Kier alpha value is -1.64. The van der Waals surface area contributed by atoms with Crippen LogP contribution in [0.15, 0.2) is 18.2 Å². The molecule has 0 bridgehead atoms. The first-order valence-corrected chi connectivity index (χ1v) is 10.3. The van der Waals surface area contributed by atoms with Crippen molar-refractivity contribution in [2.24, 2.45) is 0 Å². The normalized spacial score (nSPS) is 11.6. The van der Waals surface area contributed by atoms with E-state index < -0.39 is 15.7 Å². The lowest BCUT2D eigenvalue weighted by Crippen LogP contribution is -2.32. The Morgan fingerprint density at radius 1 is 1.28 bits per heavy atom. The molecule has 1 aromatic carbocycles. The molecule has 0 spiro atoms. The van der Waals surface area contributed by atoms with Gasteiger partial charge in [0.25, 0.3) is 5.91 Å². The van der Waals surface area contributed by atoms with E-state index in [0.717, 1.165) is 6.26 Å². The fraction of sp³-hybridized carbons (Fsp3) is 0.400. The van der Waals surface area contributed by atoms with Gasteiger partial charge in [-0.25, -0.2) is 18.1 Å². The number of carbonyl (C=O) groups is 1. The van der Waals surface area contributed by atoms with E-state index in [-0.39, 0.29) is 18.1 Å². The second-order valence-electron chi connectivity index (χ2n) is 5.54. The number of carbonyl (C=O) groups excluding carboxylic acids is 1. The zero-order valence-electron chi connectivity index (χ0n) is 14.0. The molecule has 25 heavy (non-hydrogen) atoms. The largest absolute Gasteiger partial charge is 0.338 e. The Kier molecular flexibility index (Phi) is 6.08. The van der Waals surface area contributed by atoms with Crippen LogP contribution in [0, 0.1) is 0 Å². The zero-order chi connectivity index (χ0) is 18.8. The average Bonchev–Trinajstić information content (AvgIpc) is 2.95. The van der Waals surface area contributed by atoms with Crippen molar-refractivity contribution in [2.75, 3.05) is 25.6 Å². The van der Waals surface area contributed by atoms with Gasteiger partial charge in [0.15, 0.2) is 0 Å². The number of halogens is 2. The molecule has 7 nitrogen and oxygen atoms in total. The molecule has 0 unspecified atom stereocenters. The zero-order valence-corrected chi connectivity index (χ0v) is 16.4. The maximum absolute atomic E-state index is 12.5. The number of rotatable bonds is 6. The highest BCUT2D eigenvalue weighted by molar-refractivity contribution is 7.90. The summed E-state index contributed by atoms with van der Waals surface area (Å²) in [5, 5.41) is 5.01. The van der Waals surface area contributed by atoms with Crippen molar-refractivity contribution in [3.05, 3.63) is 39.9 Å². The smallest absolute Gasteiger partial charge is 0.293 e. The van der Waals surface area contributed by atoms with Gasteiger partial charge in [0, 0.05) is 26.3 Å². The third-order valence-electron chi connectivity index (χ3n) is 3.48. The molecule has 0 radical (unpaired) electrons. The molecule has 2 aromatic rings. The highest BCUT2D eigenvalue weighted by atomic mass is 35.5. The number of hydrogen-bond donors (Lipinski definition) is 0. The van der Waals surface area contributed by atoms with Crippen molar-refractivity contribution in [3.63, 3.8) is 0 Å². The summed E-state index contributed by atoms with van der Waals surface area (Å²) in [6.45, 7) is 1.92. The first-order valence-electron chi connectivity index (χ1n) is 7.47. The SMILES string of the molecule is CCc1nc(C(=O)N(C)CCS(C)(=O)=O)nn1-c1c(Cl)cccc1Cl. The molecule has 2 rings (SSSR count). The van der Waals surface area contributed by atoms with Crippen molar-refractivity contribution in [1.29, 1.82) is 0 Å². The first kappa shape index (κ1) is 19.7. The maximum Gasteiger partial charge on any atom is 0.293 e. The van der Waals surface area contributed by atoms with Gasteiger partial charge in [-0.2, -0.15) is 0 Å². The Balaban J connectivity index is 2.36. The van der Waals surface area contributed by atoms with Crippen molar-refractivity contribution in [2.45, 2.75) is 13.3 Å². The molecule has 1 amide bonds. The minimum absolute atomic E-state index is 0.0381. The molecular formula is C15H18Cl2N4O3S. The topological polar surface area (TPSA) is 85.2 Å². The number of para-hydroxylation sites is 1. The molecular weight excluding hydrogens is 387 g/mol. The Morgan fingerprint density at radius 2 is 1.88 bits per heavy atom. The van der Waals surface area contributed by atoms with Gasteiger partial charge in [-0.05, 0) is 12.1 Å². The Morgan fingerprint density at radius 3 is 2.40 bits per heavy atom. The molecule has 0 aliphatic heterocycles. The molecule has 136 valence electrons. The van der Waals surface area contributed by atoms with Crippen LogP contribution in [0.2, 0.25) is 10.0 Å². The average molecular weight is 405 g/mol. The van der Waals surface area contributed by atoms with Crippen molar-refractivity contribution in [3.8, 4) is 5.69 Å². The third kappa shape index (κ3) is 4.71. The number of sulfone groups is 1. The van der Waals surface area contributed by atoms with E-state index in [1.165, 1.54) is 16.6 Å². The standard InChI is InChI=1S/C15H18Cl2N4O3S/c1-4-12-18-14(15(22)20(2)8-9-25(3,23)24)19-21(12)13-10(16)6-5-7-11(13)17/h5-7H,4,8-9H2,1-3H3. The van der Waals surface area contributed by atoms with E-state index in [1.807, 2.05) is 6.92 Å². The summed E-state index contributed by atoms with van der Waals surface area (Å²) >= 11 is 12.4. The molecule has 10 heteroatoms. The summed E-state index contributed by atoms with van der Waals surface area (Å²) in [4.78, 5) is 18.0. The van der Waals surface area contributed by atoms with Gasteiger partial charge in [0.05, 0.1) is 15.8 Å². The minimum atomic E-state index is -3.17. The maximum atomic E-state index is 12.5. The van der Waals surface area contributed by atoms with E-state index in [1.54, 1.807) is 18.2 Å². The molecule has 0 aliphatic rings. The van der Waals surface area contributed by atoms with E-state index >= 15 is 0 Å². The Labute approximate surface area is 156 Å². The lowest BCUT2D eigenvalue weighted by Gasteiger charge is -2.14. The number of benzene rings is 1. The molecule has 0 aliphatic carbocycles. The second-order valence-corrected chi connectivity index (χ2v) is 8.62. The second kappa shape index (κ2) is 7.72. The van der Waals surface area contributed by atoms with Crippen LogP contribution in [0.4, 0.5) is 0 Å². The number of aromatic nitrogens is 3. The van der Waals surface area contributed by atoms with Gasteiger partial charge in [-0.3, -0.25) is 4.79 Å². The van der Waals surface area contributed by atoms with Gasteiger partial charge < -0.3 is 4.90 Å². The van der Waals surface area contributed by atoms with Crippen LogP contribution in [-0.4, -0.2) is 59.6 Å². The number of nitrogens with zero attached hydrogens (tertiary/aromatic N) is 4. The molecule has 0 saturated carbocycles. The summed E-state index contributed by atoms with van der Waals surface area (Å²) in [7, 11) is -1.67. The van der Waals surface area contributed by atoms with Crippen LogP contribution in [0.5, 0.6) is 0 Å². The molecule has 1 aromatic heterocycles. The van der Waals surface area contributed by atoms with Crippen LogP contribution in [0.1, 0.15) is 23.4 Å². The quantitative estimate of drug-likeness (QED) is 0.736. The predicted octanol–water partition coefficient (Wildman–Crippen LogP) is 2.25. The highest BCUT2D eigenvalue weighted by Crippen LogP contribution is 2.28. The molecule has 0 fully saturated rings. The first-order chi connectivity index (χ1) is 11.6. The summed E-state index contributed by atoms with van der Waals surface area (Å²) in [5.41, 5.74) is 0.452. The van der Waals surface area contributed by atoms with E-state index in [9.17, 15) is 13.2 Å². The van der Waals surface area contributed by atoms with Crippen LogP contribution in [0.25, 0.3) is 5.69 Å². The minimum Gasteiger partial charge on any atom is -0.338 e. The molecule has 0 atom stereocenters. The van der Waals surface area contributed by atoms with Crippen LogP contribution in [-0.2, 0) is 16.3 Å². The summed E-state index contributed by atoms with van der Waals surface area (Å²) < 4.78 is 24.0. The van der Waals surface area contributed by atoms with E-state index in [0.29, 0.717) is 28.0 Å². The van der Waals surface area contributed by atoms with Gasteiger partial charge in [-0.1, -0.05) is 36.2 Å². The van der Waals surface area contributed by atoms with E-state index in [2.05, 4.69) is 10.1 Å². The number of aryl methyl sites for hydroxylation is 1. The van der Waals surface area contributed by atoms with Crippen LogP contribution < -0.4 is 0 Å².